The zero-order valence-electron chi connectivity index (χ0n) is 10.2. The standard InChI is InChI=1S/C14H6Cl2F3NO/c15-9-1-4-13(12(16)6-9)21-10-2-3-11(14(17,18)19)8(5-10)7-20/h1-6H. The van der Waals surface area contributed by atoms with Crippen LogP contribution in [-0.2, 0) is 6.18 Å². The van der Waals surface area contributed by atoms with Gasteiger partial charge in [-0.05, 0) is 36.4 Å². The highest BCUT2D eigenvalue weighted by Gasteiger charge is 2.33. The molecular formula is C14H6Cl2F3NO. The molecule has 0 heterocycles. The molecule has 2 rings (SSSR count). The molecule has 0 aliphatic rings. The molecule has 21 heavy (non-hydrogen) atoms. The minimum Gasteiger partial charge on any atom is -0.456 e. The summed E-state index contributed by atoms with van der Waals surface area (Å²) in [6, 6.07) is 8.86. The van der Waals surface area contributed by atoms with Crippen molar-refractivity contribution in [1.29, 1.82) is 5.26 Å². The third-order valence-corrected chi connectivity index (χ3v) is 3.07. The number of alkyl halides is 3. The number of nitrogens with zero attached hydrogens (tertiary/aromatic N) is 1. The Bertz CT molecular complexity index is 723. The van der Waals surface area contributed by atoms with Gasteiger partial charge in [0, 0.05) is 5.02 Å². The van der Waals surface area contributed by atoms with Crippen LogP contribution in [0.3, 0.4) is 0 Å². The van der Waals surface area contributed by atoms with E-state index in [0.717, 1.165) is 18.2 Å². The fraction of sp³-hybridized carbons (Fsp3) is 0.0714. The summed E-state index contributed by atoms with van der Waals surface area (Å²) in [4.78, 5) is 0. The van der Waals surface area contributed by atoms with Crippen LogP contribution in [-0.4, -0.2) is 0 Å². The highest BCUT2D eigenvalue weighted by molar-refractivity contribution is 6.35. The van der Waals surface area contributed by atoms with E-state index in [4.69, 9.17) is 33.2 Å². The molecule has 0 saturated carbocycles. The number of ether oxygens (including phenoxy) is 1. The van der Waals surface area contributed by atoms with Crippen molar-refractivity contribution in [3.63, 3.8) is 0 Å². The minimum absolute atomic E-state index is 0.0729. The lowest BCUT2D eigenvalue weighted by atomic mass is 10.1. The number of benzene rings is 2. The molecule has 0 unspecified atom stereocenters. The van der Waals surface area contributed by atoms with Crippen LogP contribution in [0.5, 0.6) is 11.5 Å². The SMILES string of the molecule is N#Cc1cc(Oc2ccc(Cl)cc2Cl)ccc1C(F)(F)F. The van der Waals surface area contributed by atoms with Gasteiger partial charge in [-0.25, -0.2) is 0 Å². The van der Waals surface area contributed by atoms with Crippen LogP contribution in [0.25, 0.3) is 0 Å². The summed E-state index contributed by atoms with van der Waals surface area (Å²) in [5.41, 5.74) is -1.54. The van der Waals surface area contributed by atoms with E-state index in [1.165, 1.54) is 24.3 Å². The van der Waals surface area contributed by atoms with Crippen LogP contribution in [0, 0.1) is 11.3 Å². The van der Waals surface area contributed by atoms with Gasteiger partial charge in [-0.15, -0.1) is 0 Å². The smallest absolute Gasteiger partial charge is 0.417 e. The molecule has 0 radical (unpaired) electrons. The van der Waals surface area contributed by atoms with E-state index in [2.05, 4.69) is 0 Å². The zero-order chi connectivity index (χ0) is 15.6. The second-order valence-electron chi connectivity index (χ2n) is 3.99. The Labute approximate surface area is 128 Å². The van der Waals surface area contributed by atoms with Crippen LogP contribution >= 0.6 is 23.2 Å². The molecule has 0 aliphatic carbocycles. The molecule has 2 aromatic rings. The number of halogens is 5. The number of hydrogen-bond acceptors (Lipinski definition) is 2. The maximum atomic E-state index is 12.7. The zero-order valence-corrected chi connectivity index (χ0v) is 11.7. The second kappa shape index (κ2) is 5.84. The highest BCUT2D eigenvalue weighted by atomic mass is 35.5. The molecule has 0 N–H and O–H groups in total. The van der Waals surface area contributed by atoms with Gasteiger partial charge < -0.3 is 4.74 Å². The molecule has 0 aromatic heterocycles. The predicted octanol–water partition coefficient (Wildman–Crippen LogP) is 5.68. The van der Waals surface area contributed by atoms with Crippen LogP contribution in [0.1, 0.15) is 11.1 Å². The molecule has 0 fully saturated rings. The van der Waals surface area contributed by atoms with Crippen molar-refractivity contribution in [2.75, 3.05) is 0 Å². The maximum absolute atomic E-state index is 12.7. The van der Waals surface area contributed by atoms with E-state index in [0.29, 0.717) is 5.02 Å². The maximum Gasteiger partial charge on any atom is 0.417 e. The Balaban J connectivity index is 2.36. The first-order valence-electron chi connectivity index (χ1n) is 5.55. The highest BCUT2D eigenvalue weighted by Crippen LogP contribution is 2.36. The summed E-state index contributed by atoms with van der Waals surface area (Å²) in [7, 11) is 0. The average Bonchev–Trinajstić information content (AvgIpc) is 2.40. The largest absolute Gasteiger partial charge is 0.456 e. The lowest BCUT2D eigenvalue weighted by molar-refractivity contribution is -0.137. The molecular weight excluding hydrogens is 326 g/mol. The summed E-state index contributed by atoms with van der Waals surface area (Å²) < 4.78 is 43.4. The monoisotopic (exact) mass is 331 g/mol. The van der Waals surface area contributed by atoms with E-state index in [-0.39, 0.29) is 16.5 Å². The summed E-state index contributed by atoms with van der Waals surface area (Å²) in [6.45, 7) is 0. The first-order chi connectivity index (χ1) is 9.81. The molecule has 0 spiro atoms. The van der Waals surface area contributed by atoms with Crippen LogP contribution < -0.4 is 4.74 Å². The minimum atomic E-state index is -4.60. The Morgan fingerprint density at radius 3 is 2.33 bits per heavy atom. The summed E-state index contributed by atoms with van der Waals surface area (Å²) in [5, 5.41) is 9.42. The number of hydrogen-bond donors (Lipinski definition) is 0. The Kier molecular flexibility index (Phi) is 4.31. The first-order valence-corrected chi connectivity index (χ1v) is 6.31. The molecule has 7 heteroatoms. The Morgan fingerprint density at radius 1 is 1.05 bits per heavy atom. The van der Waals surface area contributed by atoms with Gasteiger partial charge in [0.15, 0.2) is 0 Å². The van der Waals surface area contributed by atoms with Gasteiger partial charge in [0.05, 0.1) is 22.2 Å². The molecule has 0 aliphatic heterocycles. The van der Waals surface area contributed by atoms with Gasteiger partial charge in [-0.2, -0.15) is 18.4 Å². The summed E-state index contributed by atoms with van der Waals surface area (Å²) in [6.07, 6.45) is -4.60. The molecule has 2 nitrogen and oxygen atoms in total. The van der Waals surface area contributed by atoms with E-state index in [9.17, 15) is 13.2 Å². The molecule has 0 bridgehead atoms. The van der Waals surface area contributed by atoms with Crippen molar-refractivity contribution in [3.8, 4) is 17.6 Å². The van der Waals surface area contributed by atoms with Gasteiger partial charge in [0.1, 0.15) is 11.5 Å². The van der Waals surface area contributed by atoms with Crippen molar-refractivity contribution >= 4 is 23.2 Å². The van der Waals surface area contributed by atoms with Gasteiger partial charge in [0.2, 0.25) is 0 Å². The average molecular weight is 332 g/mol. The number of rotatable bonds is 2. The summed E-state index contributed by atoms with van der Waals surface area (Å²) in [5.74, 6) is 0.300. The molecule has 0 atom stereocenters. The normalized spacial score (nSPS) is 11.0. The van der Waals surface area contributed by atoms with Gasteiger partial charge in [-0.1, -0.05) is 23.2 Å². The Morgan fingerprint density at radius 2 is 1.76 bits per heavy atom. The van der Waals surface area contributed by atoms with E-state index >= 15 is 0 Å². The third-order valence-electron chi connectivity index (χ3n) is 2.54. The predicted molar refractivity (Wildman–Crippen MR) is 72.7 cm³/mol. The van der Waals surface area contributed by atoms with E-state index in [1.807, 2.05) is 0 Å². The van der Waals surface area contributed by atoms with Gasteiger partial charge in [-0.3, -0.25) is 0 Å². The third kappa shape index (κ3) is 3.60. The van der Waals surface area contributed by atoms with Crippen molar-refractivity contribution < 1.29 is 17.9 Å². The topological polar surface area (TPSA) is 33.0 Å². The molecule has 108 valence electrons. The lowest BCUT2D eigenvalue weighted by Crippen LogP contribution is -2.07. The molecule has 2 aromatic carbocycles. The van der Waals surface area contributed by atoms with Crippen LogP contribution in [0.2, 0.25) is 10.0 Å². The quantitative estimate of drug-likeness (QED) is 0.709. The fourth-order valence-corrected chi connectivity index (χ4v) is 2.06. The molecule has 0 amide bonds. The van der Waals surface area contributed by atoms with Gasteiger partial charge >= 0.3 is 6.18 Å². The van der Waals surface area contributed by atoms with Crippen LogP contribution in [0.4, 0.5) is 13.2 Å². The lowest BCUT2D eigenvalue weighted by Gasteiger charge is -2.11. The Hall–Kier alpha value is -1.90. The second-order valence-corrected chi connectivity index (χ2v) is 4.84. The summed E-state index contributed by atoms with van der Waals surface area (Å²) >= 11 is 11.6. The first kappa shape index (κ1) is 15.5. The van der Waals surface area contributed by atoms with E-state index < -0.39 is 17.3 Å². The van der Waals surface area contributed by atoms with Crippen molar-refractivity contribution in [2.24, 2.45) is 0 Å². The van der Waals surface area contributed by atoms with Crippen LogP contribution in [0.15, 0.2) is 36.4 Å². The fourth-order valence-electron chi connectivity index (χ4n) is 1.61. The van der Waals surface area contributed by atoms with Crippen molar-refractivity contribution in [1.82, 2.24) is 0 Å². The molecule has 0 saturated heterocycles. The number of nitriles is 1. The van der Waals surface area contributed by atoms with E-state index in [1.54, 1.807) is 0 Å². The van der Waals surface area contributed by atoms with Gasteiger partial charge in [0.25, 0.3) is 0 Å². The van der Waals surface area contributed by atoms with Crippen molar-refractivity contribution in [3.05, 3.63) is 57.6 Å². The van der Waals surface area contributed by atoms with Crippen molar-refractivity contribution in [2.45, 2.75) is 6.18 Å².